The second kappa shape index (κ2) is 56.4. The first-order valence-corrected chi connectivity index (χ1v) is 55.1. The fourth-order valence-electron chi connectivity index (χ4n) is 11.8. The minimum atomic E-state index is -3.79. The molecule has 732 valence electrons. The van der Waals surface area contributed by atoms with Gasteiger partial charge in [0.15, 0.2) is 0 Å². The molecule has 0 heterocycles. The third-order valence-corrected chi connectivity index (χ3v) is 36.5. The van der Waals surface area contributed by atoms with E-state index in [2.05, 4.69) is 43.4 Å². The van der Waals surface area contributed by atoms with E-state index in [1.54, 1.807) is 43.9 Å². The van der Waals surface area contributed by atoms with E-state index >= 15 is 0 Å². The van der Waals surface area contributed by atoms with E-state index in [9.17, 15) is 77.5 Å². The molecular formula is C72H134N12O35P8. The molecule has 0 aliphatic rings. The van der Waals surface area contributed by atoms with Crippen LogP contribution in [0.25, 0.3) is 0 Å². The summed E-state index contributed by atoms with van der Waals surface area (Å²) in [5, 5.41) is 0. The number of carbonyl (C=O) groups excluding carboxylic acids is 8. The molecule has 4 aromatic carbocycles. The Bertz CT molecular complexity index is 3590. The molecule has 0 saturated carbocycles. The van der Waals surface area contributed by atoms with Crippen molar-refractivity contribution in [1.82, 2.24) is 63.0 Å². The molecule has 16 N–H and O–H groups in total. The quantitative estimate of drug-likeness (QED) is 0.0219. The number of hydrazine groups is 4. The van der Waals surface area contributed by atoms with Gasteiger partial charge in [-0.1, -0.05) is 17.7 Å². The van der Waals surface area contributed by atoms with Crippen LogP contribution in [0.5, 0.6) is 17.2 Å². The van der Waals surface area contributed by atoms with Gasteiger partial charge in [0, 0.05) is 6.07 Å². The van der Waals surface area contributed by atoms with Crippen molar-refractivity contribution >= 4 is 111 Å². The summed E-state index contributed by atoms with van der Waals surface area (Å²) in [4.78, 5) is 204. The Morgan fingerprint density at radius 2 is 0.449 bits per heavy atom. The molecule has 55 heteroatoms. The maximum atomic E-state index is 14.2. The van der Waals surface area contributed by atoms with E-state index in [0.29, 0.717) is 11.3 Å². The van der Waals surface area contributed by atoms with Gasteiger partial charge in [0.2, 0.25) is 0 Å². The number of hydrogen-bond donors (Lipinski definition) is 16. The third kappa shape index (κ3) is 40.8. The summed E-state index contributed by atoms with van der Waals surface area (Å²) >= 11 is 0. The summed E-state index contributed by atoms with van der Waals surface area (Å²) in [5.74, 6) is -5.72. The number of hydrogen-bond acceptors (Lipinski definition) is 39. The zero-order valence-electron chi connectivity index (χ0n) is 74.7. The van der Waals surface area contributed by atoms with Gasteiger partial charge in [0.1, 0.15) is 37.1 Å². The Hall–Kier alpha value is -5.64. The second-order valence-electron chi connectivity index (χ2n) is 28.6. The molecule has 0 aromatic heterocycles. The van der Waals surface area contributed by atoms with Crippen LogP contribution in [0, 0.1) is 6.92 Å². The van der Waals surface area contributed by atoms with Crippen LogP contribution in [0.4, 0.5) is 0 Å². The van der Waals surface area contributed by atoms with Gasteiger partial charge >= 0.3 is 635 Å². The van der Waals surface area contributed by atoms with Crippen LogP contribution in [0.2, 0.25) is 0 Å². The molecule has 0 saturated heterocycles. The van der Waals surface area contributed by atoms with Gasteiger partial charge in [-0.2, -0.15) is 0 Å². The Kier molecular flexibility index (Phi) is 50.5. The van der Waals surface area contributed by atoms with Crippen molar-refractivity contribution in [3.63, 3.8) is 0 Å². The first-order chi connectivity index (χ1) is 60.1. The van der Waals surface area contributed by atoms with E-state index < -0.39 is 124 Å². The molecule has 0 atom stereocenters. The van der Waals surface area contributed by atoms with Gasteiger partial charge in [-0.05, 0) is 36.8 Å². The Morgan fingerprint density at radius 1 is 0.260 bits per heavy atom. The number of ether oxygens (including phenoxy) is 3. The molecule has 4 aromatic rings. The van der Waals surface area contributed by atoms with Gasteiger partial charge in [0.05, 0.1) is 0 Å². The standard InChI is InChI=1S/C72H134N12O35P8/c1-54-26-28-62(29-27-54)117-45-57-38-63(118-43-55-34-58(69(89)77-73-65(85)22-18-30-81(46-120(93,101-2)102-3)47-121(94,103-4)104-5)40-59(35-55)70(90)78-74-66(86)23-19-31-82(48-122(95,105-6)106-7)49-123(96,107-8)108-9)42-64(39-57)119-44-56-36-60(71(91)79-75-67(87)24-20-32-83(50-124(97,109-10)110-11)51-125(98,111-12)112-13)41-61(37-56)72(92)80-76-68(88)25-21-33-84(52-126(99,113-14)114-15)53-127(100,115-16)116-17/h26-29,34-42,93-100,120-127H,18-25,30-33,43-53H2,1-17H3,(H,73,85)(H,74,86)(H,75,87)(H,76,88)(H,77,89)(H,78,90)(H,79,91)(H,80,92). The van der Waals surface area contributed by atoms with Crippen LogP contribution in [0.15, 0.2) is 78.9 Å². The molecule has 127 heavy (non-hydrogen) atoms. The van der Waals surface area contributed by atoms with E-state index in [0.717, 1.165) is 5.56 Å². The van der Waals surface area contributed by atoms with Gasteiger partial charge < -0.3 is 14.2 Å². The number of carbonyl (C=O) groups is 8. The monoisotopic (exact) mass is 1970 g/mol. The SMILES string of the molecule is CO[PH](O)(CN(CCCC(=O)NNC(=O)c1cc(COc2cc(COc3ccc(C)cc3)cc(OCc3cc(C(=O)NNC(=O)CCCN(C[PH](O)(OC)OC)C[PH](O)(OC)OC)cc(C(=O)NNC(=O)CCCN(C[PH](O)(OC)OC)C[PH](O)(OC)OC)c3)c2)cc(C(=O)NNC(=O)CCCN(C[PH](O)(OC)OC)C[PH](O)(OC)OC)c1)C[PH](O)(OC)OC)OC. The predicted molar refractivity (Wildman–Crippen MR) is 485 cm³/mol. The van der Waals surface area contributed by atoms with Crippen LogP contribution in [-0.4, -0.2) is 296 Å². The van der Waals surface area contributed by atoms with Crippen molar-refractivity contribution in [1.29, 1.82) is 0 Å². The number of rotatable bonds is 61. The molecular weight excluding hydrogens is 1840 g/mol. The van der Waals surface area contributed by atoms with Gasteiger partial charge in [-0.25, -0.2) is 0 Å². The van der Waals surface area contributed by atoms with E-state index in [4.69, 9.17) is 86.6 Å². The van der Waals surface area contributed by atoms with Crippen molar-refractivity contribution in [2.75, 3.05) is 190 Å². The molecule has 0 radical (unpaired) electrons. The fourth-order valence-corrected chi connectivity index (χ4v) is 22.8. The van der Waals surface area contributed by atoms with Crippen molar-refractivity contribution in [2.45, 2.75) is 78.1 Å². The van der Waals surface area contributed by atoms with Crippen LogP contribution >= 0.6 is 63.5 Å². The van der Waals surface area contributed by atoms with Crippen molar-refractivity contribution in [3.8, 4) is 17.2 Å². The molecule has 0 unspecified atom stereocenters. The number of nitrogens with zero attached hydrogens (tertiary/aromatic N) is 4. The van der Waals surface area contributed by atoms with E-state index in [-0.39, 0.29) is 179 Å². The molecule has 47 nitrogen and oxygen atoms in total. The second-order valence-corrected chi connectivity index (χ2v) is 49.0. The Morgan fingerprint density at radius 3 is 0.646 bits per heavy atom. The normalized spacial score (nSPS) is 13.5. The average molecular weight is 1980 g/mol. The number of aryl methyl sites for hydroxylation is 1. The minimum absolute atomic E-state index is 0.0751. The summed E-state index contributed by atoms with van der Waals surface area (Å²) in [6.45, 7) is 1.31. The molecule has 0 aliphatic heterocycles. The zero-order chi connectivity index (χ0) is 94.8. The molecule has 8 amide bonds. The van der Waals surface area contributed by atoms with Crippen molar-refractivity contribution in [3.05, 3.63) is 123 Å². The fraction of sp³-hybridized carbons (Fsp3) is 0.556. The molecule has 0 fully saturated rings. The summed E-state index contributed by atoms with van der Waals surface area (Å²) in [6.07, 6.45) is -1.89. The predicted octanol–water partition coefficient (Wildman–Crippen LogP) is 4.00. The zero-order valence-corrected chi connectivity index (χ0v) is 82.7. The van der Waals surface area contributed by atoms with E-state index in [1.165, 1.54) is 156 Å². The first kappa shape index (κ1) is 114. The van der Waals surface area contributed by atoms with Crippen LogP contribution in [0.3, 0.4) is 0 Å². The van der Waals surface area contributed by atoms with Crippen LogP contribution in [-0.2, 0) is 111 Å². The number of nitrogens with one attached hydrogen (secondary N) is 8. The Labute approximate surface area is 743 Å². The van der Waals surface area contributed by atoms with Crippen molar-refractivity contribution in [2.24, 2.45) is 0 Å². The van der Waals surface area contributed by atoms with Gasteiger partial charge in [-0.3, -0.25) is 0 Å². The first-order valence-electron chi connectivity index (χ1n) is 39.3. The van der Waals surface area contributed by atoms with Gasteiger partial charge in [0.25, 0.3) is 0 Å². The Balaban J connectivity index is 1.75. The summed E-state index contributed by atoms with van der Waals surface area (Å²) in [5.41, 5.74) is 19.8. The van der Waals surface area contributed by atoms with E-state index in [1.807, 2.05) is 19.1 Å². The van der Waals surface area contributed by atoms with Crippen LogP contribution in [0.1, 0.15) is 115 Å². The molecule has 0 spiro atoms. The maximum absolute atomic E-state index is 14.2. The third-order valence-electron chi connectivity index (χ3n) is 19.5. The van der Waals surface area contributed by atoms with Crippen LogP contribution < -0.4 is 57.6 Å². The van der Waals surface area contributed by atoms with Gasteiger partial charge in [-0.15, -0.1) is 0 Å². The molecule has 0 aliphatic carbocycles. The number of benzene rings is 4. The van der Waals surface area contributed by atoms with Crippen molar-refractivity contribution < 1.29 is 164 Å². The topological polar surface area (TPSA) is 583 Å². The summed E-state index contributed by atoms with van der Waals surface area (Å²) in [7, 11) is -10.1. The average Bonchev–Trinajstić information content (AvgIpc) is 0.820. The summed E-state index contributed by atoms with van der Waals surface area (Å²) < 4.78 is 103. The molecule has 0 bridgehead atoms. The number of amides is 8. The summed E-state index contributed by atoms with van der Waals surface area (Å²) in [6, 6.07) is 19.7. The molecule has 4 rings (SSSR count).